The topological polar surface area (TPSA) is 136 Å². The number of sulfonamides is 1. The van der Waals surface area contributed by atoms with Gasteiger partial charge in [-0.15, -0.1) is 0 Å². The predicted octanol–water partition coefficient (Wildman–Crippen LogP) is 5.21. The lowest BCUT2D eigenvalue weighted by molar-refractivity contribution is -0.122. The molecule has 1 aliphatic heterocycles. The van der Waals surface area contributed by atoms with Crippen molar-refractivity contribution >= 4 is 50.0 Å². The first kappa shape index (κ1) is 32.4. The summed E-state index contributed by atoms with van der Waals surface area (Å²) in [6, 6.07) is 18.9. The van der Waals surface area contributed by atoms with Gasteiger partial charge in [0, 0.05) is 48.4 Å². The molecule has 1 amide bonds. The van der Waals surface area contributed by atoms with E-state index in [1.54, 1.807) is 54.4 Å². The van der Waals surface area contributed by atoms with Crippen molar-refractivity contribution in [3.63, 3.8) is 0 Å². The Kier molecular flexibility index (Phi) is 10.4. The fraction of sp³-hybridized carbons (Fsp3) is 0.333. The second-order valence-electron chi connectivity index (χ2n) is 10.9. The minimum absolute atomic E-state index is 0.0296. The van der Waals surface area contributed by atoms with Gasteiger partial charge in [0.1, 0.15) is 11.9 Å². The molecule has 12 heteroatoms. The van der Waals surface area contributed by atoms with Crippen LogP contribution in [0.5, 0.6) is 11.5 Å². The van der Waals surface area contributed by atoms with Gasteiger partial charge in [0.2, 0.25) is 15.9 Å². The lowest BCUT2D eigenvalue weighted by Gasteiger charge is -2.27. The van der Waals surface area contributed by atoms with Crippen molar-refractivity contribution in [2.24, 2.45) is 0 Å². The van der Waals surface area contributed by atoms with Crippen LogP contribution in [0.4, 0.5) is 11.5 Å². The van der Waals surface area contributed by atoms with Crippen molar-refractivity contribution in [3.8, 4) is 11.5 Å². The molecule has 45 heavy (non-hydrogen) atoms. The van der Waals surface area contributed by atoms with Gasteiger partial charge >= 0.3 is 0 Å². The van der Waals surface area contributed by atoms with E-state index >= 15 is 0 Å². The fourth-order valence-electron chi connectivity index (χ4n) is 5.19. The van der Waals surface area contributed by atoms with Gasteiger partial charge in [-0.05, 0) is 79.7 Å². The SMILES string of the molecule is CCOc1cc(C(Nc2ccc3c(N)nccc3c2)C(=O)NCc2ccccc2S(=O)(=O)N2CCSCC2)ccc1OC(C)C. The summed E-state index contributed by atoms with van der Waals surface area (Å²) in [7, 11) is -3.71. The zero-order valence-corrected chi connectivity index (χ0v) is 27.3. The average Bonchev–Trinajstić information content (AvgIpc) is 3.04. The van der Waals surface area contributed by atoms with Gasteiger partial charge in [0.25, 0.3) is 0 Å². The van der Waals surface area contributed by atoms with Crippen molar-refractivity contribution in [3.05, 3.63) is 84.1 Å². The average molecular weight is 650 g/mol. The van der Waals surface area contributed by atoms with Gasteiger partial charge in [-0.1, -0.05) is 24.3 Å². The Balaban J connectivity index is 1.46. The molecule has 3 aromatic carbocycles. The van der Waals surface area contributed by atoms with E-state index in [-0.39, 0.29) is 23.5 Å². The number of nitrogen functional groups attached to an aromatic ring is 1. The number of aromatic nitrogens is 1. The van der Waals surface area contributed by atoms with Gasteiger partial charge in [-0.3, -0.25) is 4.79 Å². The molecule has 2 heterocycles. The molecular formula is C33H39N5O5S2. The Morgan fingerprint density at radius 1 is 1.04 bits per heavy atom. The maximum atomic E-state index is 14.0. The summed E-state index contributed by atoms with van der Waals surface area (Å²) in [6.07, 6.45) is 1.58. The quantitative estimate of drug-likeness (QED) is 0.189. The number of pyridine rings is 1. The first-order valence-corrected chi connectivity index (χ1v) is 17.5. The summed E-state index contributed by atoms with van der Waals surface area (Å²) in [4.78, 5) is 18.4. The third-order valence-corrected chi connectivity index (χ3v) is 10.3. The highest BCUT2D eigenvalue weighted by Crippen LogP contribution is 2.34. The zero-order chi connectivity index (χ0) is 32.0. The van der Waals surface area contributed by atoms with Crippen LogP contribution in [-0.4, -0.2) is 60.9 Å². The monoisotopic (exact) mass is 649 g/mol. The molecule has 1 saturated heterocycles. The predicted molar refractivity (Wildman–Crippen MR) is 180 cm³/mol. The molecule has 1 aliphatic rings. The van der Waals surface area contributed by atoms with Crippen molar-refractivity contribution in [1.82, 2.24) is 14.6 Å². The molecule has 0 radical (unpaired) electrons. The summed E-state index contributed by atoms with van der Waals surface area (Å²) in [6.45, 7) is 7.14. The number of thioether (sulfide) groups is 1. The molecule has 1 atom stereocenters. The van der Waals surface area contributed by atoms with Crippen LogP contribution >= 0.6 is 11.8 Å². The highest BCUT2D eigenvalue weighted by molar-refractivity contribution is 7.99. The minimum atomic E-state index is -3.71. The summed E-state index contributed by atoms with van der Waals surface area (Å²) >= 11 is 1.74. The number of nitrogens with one attached hydrogen (secondary N) is 2. The van der Waals surface area contributed by atoms with E-state index in [1.165, 1.54) is 4.31 Å². The zero-order valence-electron chi connectivity index (χ0n) is 25.7. The minimum Gasteiger partial charge on any atom is -0.490 e. The molecule has 238 valence electrons. The molecule has 0 saturated carbocycles. The maximum Gasteiger partial charge on any atom is 0.247 e. The summed E-state index contributed by atoms with van der Waals surface area (Å²) in [5.74, 6) is 2.70. The number of fused-ring (bicyclic) bond motifs is 1. The van der Waals surface area contributed by atoms with E-state index in [4.69, 9.17) is 15.2 Å². The van der Waals surface area contributed by atoms with E-state index in [1.807, 2.05) is 51.1 Å². The first-order valence-electron chi connectivity index (χ1n) is 14.9. The third-order valence-electron chi connectivity index (χ3n) is 7.35. The van der Waals surface area contributed by atoms with E-state index < -0.39 is 16.1 Å². The number of hydrogen-bond acceptors (Lipinski definition) is 9. The number of carbonyl (C=O) groups excluding carboxylic acids is 1. The Morgan fingerprint density at radius 2 is 1.82 bits per heavy atom. The number of anilines is 2. The molecule has 5 rings (SSSR count). The summed E-state index contributed by atoms with van der Waals surface area (Å²) in [5, 5.41) is 8.04. The van der Waals surface area contributed by atoms with Crippen LogP contribution in [0.15, 0.2) is 77.8 Å². The Labute approximate surface area is 268 Å². The molecule has 4 aromatic rings. The summed E-state index contributed by atoms with van der Waals surface area (Å²) in [5.41, 5.74) is 7.92. The Hall–Kier alpha value is -4.00. The number of amides is 1. The molecule has 0 bridgehead atoms. The molecule has 0 aliphatic carbocycles. The molecule has 10 nitrogen and oxygen atoms in total. The maximum absolute atomic E-state index is 14.0. The van der Waals surface area contributed by atoms with Crippen LogP contribution in [0.25, 0.3) is 10.8 Å². The summed E-state index contributed by atoms with van der Waals surface area (Å²) < 4.78 is 40.4. The van der Waals surface area contributed by atoms with Crippen LogP contribution in [0.1, 0.15) is 37.9 Å². The van der Waals surface area contributed by atoms with Crippen LogP contribution in [-0.2, 0) is 21.4 Å². The van der Waals surface area contributed by atoms with Crippen LogP contribution < -0.4 is 25.8 Å². The van der Waals surface area contributed by atoms with E-state index in [9.17, 15) is 13.2 Å². The Morgan fingerprint density at radius 3 is 2.58 bits per heavy atom. The van der Waals surface area contributed by atoms with Crippen molar-refractivity contribution in [2.45, 2.75) is 44.4 Å². The lowest BCUT2D eigenvalue weighted by Crippen LogP contribution is -2.39. The number of nitrogens with zero attached hydrogens (tertiary/aromatic N) is 2. The largest absolute Gasteiger partial charge is 0.490 e. The first-order chi connectivity index (χ1) is 21.7. The van der Waals surface area contributed by atoms with Gasteiger partial charge < -0.3 is 25.8 Å². The second kappa shape index (κ2) is 14.4. The number of carbonyl (C=O) groups is 1. The smallest absolute Gasteiger partial charge is 0.247 e. The van der Waals surface area contributed by atoms with Crippen LogP contribution in [0, 0.1) is 0 Å². The number of benzene rings is 3. The number of rotatable bonds is 12. The molecule has 1 unspecified atom stereocenters. The number of nitrogens with two attached hydrogens (primary N) is 1. The van der Waals surface area contributed by atoms with Gasteiger partial charge in [-0.2, -0.15) is 16.1 Å². The van der Waals surface area contributed by atoms with Crippen molar-refractivity contribution in [2.75, 3.05) is 42.3 Å². The Bertz CT molecular complexity index is 1760. The normalized spacial score (nSPS) is 14.7. The molecule has 1 fully saturated rings. The molecular weight excluding hydrogens is 611 g/mol. The van der Waals surface area contributed by atoms with Gasteiger partial charge in [-0.25, -0.2) is 13.4 Å². The van der Waals surface area contributed by atoms with Crippen molar-refractivity contribution in [1.29, 1.82) is 0 Å². The van der Waals surface area contributed by atoms with Gasteiger partial charge in [0.05, 0.1) is 17.6 Å². The van der Waals surface area contributed by atoms with Crippen molar-refractivity contribution < 1.29 is 22.7 Å². The third kappa shape index (κ3) is 7.63. The van der Waals surface area contributed by atoms with Crippen LogP contribution in [0.3, 0.4) is 0 Å². The fourth-order valence-corrected chi connectivity index (χ4v) is 7.99. The highest BCUT2D eigenvalue weighted by Gasteiger charge is 2.29. The lowest BCUT2D eigenvalue weighted by atomic mass is 10.0. The van der Waals surface area contributed by atoms with E-state index in [2.05, 4.69) is 15.6 Å². The van der Waals surface area contributed by atoms with Crippen LogP contribution in [0.2, 0.25) is 0 Å². The highest BCUT2D eigenvalue weighted by atomic mass is 32.2. The van der Waals surface area contributed by atoms with Gasteiger partial charge in [0.15, 0.2) is 11.5 Å². The molecule has 1 aromatic heterocycles. The number of ether oxygens (including phenoxy) is 2. The second-order valence-corrected chi connectivity index (χ2v) is 14.0. The van der Waals surface area contributed by atoms with E-state index in [0.29, 0.717) is 53.8 Å². The molecule has 0 spiro atoms. The number of hydrogen-bond donors (Lipinski definition) is 3. The standard InChI is InChI=1S/C33H39N5O5S2/c1-4-42-29-20-24(9-12-28(29)43-22(2)3)31(37-26-10-11-27-23(19-26)13-14-35-32(27)34)33(39)36-21-25-7-5-6-8-30(25)45(40,41)38-15-17-44-18-16-38/h5-14,19-20,22,31,37H,4,15-18,21H2,1-3H3,(H2,34,35)(H,36,39). The van der Waals surface area contributed by atoms with E-state index in [0.717, 1.165) is 22.3 Å². The molecule has 4 N–H and O–H groups in total.